The third-order valence-electron chi connectivity index (χ3n) is 6.94. The fraction of sp³-hybridized carbons (Fsp3) is 0.200. The summed E-state index contributed by atoms with van der Waals surface area (Å²) in [5.41, 5.74) is 2.05. The van der Waals surface area contributed by atoms with Gasteiger partial charge in [-0.05, 0) is 42.2 Å². The highest BCUT2D eigenvalue weighted by Gasteiger charge is 2.54. The zero-order valence-electron chi connectivity index (χ0n) is 20.7. The first kappa shape index (κ1) is 24.2. The second kappa shape index (κ2) is 9.61. The summed E-state index contributed by atoms with van der Waals surface area (Å²) >= 11 is 1.48. The average Bonchev–Trinajstić information content (AvgIpc) is 3.43. The van der Waals surface area contributed by atoms with Crippen molar-refractivity contribution in [2.45, 2.75) is 25.7 Å². The number of carbonyl (C=O) groups excluding carboxylic acids is 2. The van der Waals surface area contributed by atoms with E-state index >= 15 is 4.39 Å². The number of nitrogens with zero attached hydrogens (tertiary/aromatic N) is 3. The van der Waals surface area contributed by atoms with E-state index in [2.05, 4.69) is 9.97 Å². The van der Waals surface area contributed by atoms with Crippen molar-refractivity contribution >= 4 is 33.1 Å². The molecule has 1 aliphatic rings. The Bertz CT molecular complexity index is 1670. The van der Waals surface area contributed by atoms with Crippen LogP contribution in [0.1, 0.15) is 24.0 Å². The van der Waals surface area contributed by atoms with Gasteiger partial charge in [0.25, 0.3) is 0 Å². The molecule has 190 valence electrons. The number of hydrogen-bond acceptors (Lipinski definition) is 6. The molecule has 0 saturated heterocycles. The van der Waals surface area contributed by atoms with Crippen LogP contribution < -0.4 is 4.74 Å². The Labute approximate surface area is 222 Å². The predicted octanol–water partition coefficient (Wildman–Crippen LogP) is 6.33. The number of halogens is 1. The van der Waals surface area contributed by atoms with Crippen LogP contribution in [0.3, 0.4) is 0 Å². The summed E-state index contributed by atoms with van der Waals surface area (Å²) in [6, 6.07) is 17.6. The normalized spacial score (nSPS) is 13.9. The maximum atomic E-state index is 15.1. The molecule has 1 fully saturated rings. The SMILES string of the molecule is Cn1cnc(-c2cc3nccc(Oc4ccc(CC(=O)C5(C(=O)Cc6ccccc6)CC5)cc4F)c3s2)c1. The first-order valence-corrected chi connectivity index (χ1v) is 13.2. The number of rotatable bonds is 9. The maximum Gasteiger partial charge on any atom is 0.166 e. The number of ketones is 2. The van der Waals surface area contributed by atoms with E-state index in [1.54, 1.807) is 24.7 Å². The first-order valence-electron chi connectivity index (χ1n) is 12.3. The first-order chi connectivity index (χ1) is 18.4. The Hall–Kier alpha value is -4.17. The number of aryl methyl sites for hydroxylation is 1. The van der Waals surface area contributed by atoms with Gasteiger partial charge in [-0.3, -0.25) is 14.6 Å². The molecule has 38 heavy (non-hydrogen) atoms. The number of imidazole rings is 1. The molecule has 2 aromatic carbocycles. The summed E-state index contributed by atoms with van der Waals surface area (Å²) in [7, 11) is 1.91. The van der Waals surface area contributed by atoms with Gasteiger partial charge in [-0.1, -0.05) is 36.4 Å². The van der Waals surface area contributed by atoms with Gasteiger partial charge >= 0.3 is 0 Å². The Morgan fingerprint density at radius 1 is 0.974 bits per heavy atom. The van der Waals surface area contributed by atoms with Gasteiger partial charge in [0.05, 0.1) is 32.5 Å². The van der Waals surface area contributed by atoms with E-state index in [0.29, 0.717) is 24.2 Å². The van der Waals surface area contributed by atoms with E-state index < -0.39 is 11.2 Å². The number of thiophene rings is 1. The van der Waals surface area contributed by atoms with Crippen molar-refractivity contribution in [3.05, 3.63) is 96.3 Å². The molecule has 3 aromatic heterocycles. The van der Waals surface area contributed by atoms with Crippen LogP contribution >= 0.6 is 11.3 Å². The van der Waals surface area contributed by atoms with E-state index in [9.17, 15) is 9.59 Å². The number of hydrogen-bond donors (Lipinski definition) is 0. The highest BCUT2D eigenvalue weighted by atomic mass is 32.1. The van der Waals surface area contributed by atoms with Crippen molar-refractivity contribution in [3.63, 3.8) is 0 Å². The summed E-state index contributed by atoms with van der Waals surface area (Å²) in [4.78, 5) is 35.8. The zero-order chi connectivity index (χ0) is 26.3. The molecule has 6 nitrogen and oxygen atoms in total. The molecule has 1 aliphatic carbocycles. The van der Waals surface area contributed by atoms with Crippen molar-refractivity contribution in [3.8, 4) is 22.1 Å². The summed E-state index contributed by atoms with van der Waals surface area (Å²) in [5.74, 6) is -0.224. The van der Waals surface area contributed by atoms with Crippen LogP contribution in [0.2, 0.25) is 0 Å². The van der Waals surface area contributed by atoms with Gasteiger partial charge in [-0.15, -0.1) is 11.3 Å². The number of fused-ring (bicyclic) bond motifs is 1. The van der Waals surface area contributed by atoms with Crippen molar-refractivity contribution in [1.29, 1.82) is 0 Å². The van der Waals surface area contributed by atoms with Crippen LogP contribution in [0.25, 0.3) is 20.8 Å². The smallest absolute Gasteiger partial charge is 0.166 e. The molecule has 8 heteroatoms. The van der Waals surface area contributed by atoms with E-state index in [1.807, 2.05) is 54.2 Å². The summed E-state index contributed by atoms with van der Waals surface area (Å²) in [6.07, 6.45) is 6.64. The molecule has 0 amide bonds. The van der Waals surface area contributed by atoms with Crippen LogP contribution in [0.4, 0.5) is 4.39 Å². The lowest BCUT2D eigenvalue weighted by Gasteiger charge is -2.14. The number of carbonyl (C=O) groups is 2. The van der Waals surface area contributed by atoms with Crippen LogP contribution in [-0.2, 0) is 29.5 Å². The van der Waals surface area contributed by atoms with Crippen LogP contribution in [0.5, 0.6) is 11.5 Å². The second-order valence-electron chi connectivity index (χ2n) is 9.69. The van der Waals surface area contributed by atoms with Crippen LogP contribution in [0, 0.1) is 11.2 Å². The minimum Gasteiger partial charge on any atom is -0.453 e. The standard InChI is InChI=1S/C30H24FN3O3S/c1-34-17-23(33-18-34)26-16-22-29(38-26)25(9-12-32-22)37-24-8-7-20(13-21(24)31)15-28(36)30(10-11-30)27(35)14-19-5-3-2-4-6-19/h2-9,12-13,16-18H,10-11,14-15H2,1H3. The average molecular weight is 526 g/mol. The molecule has 3 heterocycles. The van der Waals surface area contributed by atoms with Gasteiger partial charge in [0, 0.05) is 38.3 Å². The molecule has 0 aliphatic heterocycles. The molecule has 6 rings (SSSR count). The van der Waals surface area contributed by atoms with Gasteiger partial charge < -0.3 is 9.30 Å². The monoisotopic (exact) mass is 525 g/mol. The Balaban J connectivity index is 1.17. The van der Waals surface area contributed by atoms with Gasteiger partial charge in [0.1, 0.15) is 5.75 Å². The molecule has 0 N–H and O–H groups in total. The fourth-order valence-corrected chi connectivity index (χ4v) is 5.69. The summed E-state index contributed by atoms with van der Waals surface area (Å²) < 4.78 is 23.7. The molecule has 1 saturated carbocycles. The quantitative estimate of drug-likeness (QED) is 0.210. The third-order valence-corrected chi connectivity index (χ3v) is 8.10. The minimum atomic E-state index is -0.936. The van der Waals surface area contributed by atoms with Gasteiger partial charge in [-0.25, -0.2) is 9.37 Å². The van der Waals surface area contributed by atoms with E-state index in [-0.39, 0.29) is 30.2 Å². The van der Waals surface area contributed by atoms with Crippen molar-refractivity contribution in [2.24, 2.45) is 12.5 Å². The predicted molar refractivity (Wildman–Crippen MR) is 144 cm³/mol. The third kappa shape index (κ3) is 4.63. The molecule has 0 bridgehead atoms. The summed E-state index contributed by atoms with van der Waals surface area (Å²) in [6.45, 7) is 0. The van der Waals surface area contributed by atoms with Gasteiger partial charge in [0.2, 0.25) is 0 Å². The molecule has 0 spiro atoms. The lowest BCUT2D eigenvalue weighted by molar-refractivity contribution is -0.133. The molecular formula is C30H24FN3O3S. The molecule has 0 atom stereocenters. The lowest BCUT2D eigenvalue weighted by atomic mass is 9.88. The van der Waals surface area contributed by atoms with Crippen LogP contribution in [0.15, 0.2) is 79.4 Å². The largest absolute Gasteiger partial charge is 0.453 e. The maximum absolute atomic E-state index is 15.1. The number of aromatic nitrogens is 3. The Morgan fingerprint density at radius 2 is 1.74 bits per heavy atom. The van der Waals surface area contributed by atoms with Crippen LogP contribution in [-0.4, -0.2) is 26.1 Å². The molecular weight excluding hydrogens is 501 g/mol. The highest BCUT2D eigenvalue weighted by Crippen LogP contribution is 2.49. The Morgan fingerprint density at radius 3 is 2.42 bits per heavy atom. The van der Waals surface area contributed by atoms with Gasteiger partial charge in [-0.2, -0.15) is 0 Å². The van der Waals surface area contributed by atoms with E-state index in [1.165, 1.54) is 23.5 Å². The topological polar surface area (TPSA) is 74.1 Å². The fourth-order valence-electron chi connectivity index (χ4n) is 4.66. The molecule has 0 unspecified atom stereocenters. The van der Waals surface area contributed by atoms with E-state index in [4.69, 9.17) is 4.74 Å². The van der Waals surface area contributed by atoms with Crippen molar-refractivity contribution in [2.75, 3.05) is 0 Å². The minimum absolute atomic E-state index is 0.00952. The summed E-state index contributed by atoms with van der Waals surface area (Å²) in [5, 5.41) is 0. The molecule has 0 radical (unpaired) electrons. The lowest BCUT2D eigenvalue weighted by Crippen LogP contribution is -2.28. The highest BCUT2D eigenvalue weighted by molar-refractivity contribution is 7.22. The number of Topliss-reactive ketones (excluding diaryl/α,β-unsaturated/α-hetero) is 2. The Kier molecular flexibility index (Phi) is 6.12. The second-order valence-corrected chi connectivity index (χ2v) is 10.7. The number of benzene rings is 2. The van der Waals surface area contributed by atoms with E-state index in [0.717, 1.165) is 26.4 Å². The van der Waals surface area contributed by atoms with Gasteiger partial charge in [0.15, 0.2) is 23.1 Å². The number of ether oxygens (including phenoxy) is 1. The van der Waals surface area contributed by atoms with Crippen molar-refractivity contribution in [1.82, 2.24) is 14.5 Å². The van der Waals surface area contributed by atoms with Crippen molar-refractivity contribution < 1.29 is 18.7 Å². The zero-order valence-corrected chi connectivity index (χ0v) is 21.5. The molecule has 5 aromatic rings. The number of pyridine rings is 1.